The molecule has 0 saturated heterocycles. The molecule has 0 spiro atoms. The van der Waals surface area contributed by atoms with Crippen LogP contribution in [0.25, 0.3) is 0 Å². The van der Waals surface area contributed by atoms with E-state index in [4.69, 9.17) is 4.74 Å². The first-order chi connectivity index (χ1) is 10.2. The van der Waals surface area contributed by atoms with Crippen LogP contribution in [-0.2, 0) is 0 Å². The number of benzene rings is 1. The van der Waals surface area contributed by atoms with Crippen molar-refractivity contribution in [1.82, 2.24) is 5.32 Å². The van der Waals surface area contributed by atoms with E-state index in [1.165, 1.54) is 31.7 Å². The van der Waals surface area contributed by atoms with Crippen LogP contribution >= 0.6 is 0 Å². The van der Waals surface area contributed by atoms with E-state index in [0.29, 0.717) is 12.0 Å². The predicted molar refractivity (Wildman–Crippen MR) is 83.0 cm³/mol. The summed E-state index contributed by atoms with van der Waals surface area (Å²) in [7, 11) is 0. The number of fused-ring (bicyclic) bond motifs is 1. The molecule has 0 bridgehead atoms. The highest BCUT2D eigenvalue weighted by Gasteiger charge is 2.34. The fourth-order valence-corrected chi connectivity index (χ4v) is 3.85. The van der Waals surface area contributed by atoms with Crippen molar-refractivity contribution in [2.24, 2.45) is 11.8 Å². The van der Waals surface area contributed by atoms with Crippen LogP contribution in [-0.4, -0.2) is 12.6 Å². The zero-order valence-corrected chi connectivity index (χ0v) is 13.1. The molecule has 3 rings (SSSR count). The number of hydrogen-bond donors (Lipinski definition) is 1. The van der Waals surface area contributed by atoms with Gasteiger partial charge in [0.05, 0.1) is 0 Å². The van der Waals surface area contributed by atoms with Crippen molar-refractivity contribution in [3.8, 4) is 5.75 Å². The fourth-order valence-electron chi connectivity index (χ4n) is 3.85. The van der Waals surface area contributed by atoms with E-state index < -0.39 is 0 Å². The first kappa shape index (κ1) is 14.8. The molecule has 0 radical (unpaired) electrons. The molecule has 1 heterocycles. The molecule has 116 valence electrons. The number of ether oxygens (including phenoxy) is 1. The lowest BCUT2D eigenvalue weighted by Crippen LogP contribution is -2.38. The minimum Gasteiger partial charge on any atom is -0.490 e. The molecule has 2 aliphatic rings. The summed E-state index contributed by atoms with van der Waals surface area (Å²) in [6, 6.07) is 5.26. The molecule has 21 heavy (non-hydrogen) atoms. The Balaban J connectivity index is 1.79. The molecule has 3 heteroatoms. The lowest BCUT2D eigenvalue weighted by Gasteiger charge is -2.39. The van der Waals surface area contributed by atoms with Gasteiger partial charge in [0, 0.05) is 24.1 Å². The molecular formula is C18H26FNO. The third-order valence-corrected chi connectivity index (χ3v) is 5.13. The van der Waals surface area contributed by atoms with E-state index >= 15 is 0 Å². The first-order valence-corrected chi connectivity index (χ1v) is 8.37. The highest BCUT2D eigenvalue weighted by molar-refractivity contribution is 5.38. The molecule has 2 nitrogen and oxygen atoms in total. The van der Waals surface area contributed by atoms with Crippen LogP contribution in [0.3, 0.4) is 0 Å². The molecule has 0 aromatic heterocycles. The molecular weight excluding hydrogens is 265 g/mol. The molecule has 1 saturated carbocycles. The van der Waals surface area contributed by atoms with Crippen LogP contribution in [0.1, 0.15) is 57.6 Å². The third kappa shape index (κ3) is 3.23. The van der Waals surface area contributed by atoms with Gasteiger partial charge in [0.1, 0.15) is 17.7 Å². The van der Waals surface area contributed by atoms with Gasteiger partial charge in [-0.05, 0) is 37.3 Å². The Morgan fingerprint density at radius 3 is 2.71 bits per heavy atom. The SMILES string of the molecule is CCNC1CC(C2CCC(C)CC2)Oc2cc(F)ccc21. The zero-order valence-electron chi connectivity index (χ0n) is 13.1. The van der Waals surface area contributed by atoms with Crippen LogP contribution in [0.5, 0.6) is 5.75 Å². The van der Waals surface area contributed by atoms with E-state index in [1.807, 2.05) is 6.07 Å². The highest BCUT2D eigenvalue weighted by Crippen LogP contribution is 2.41. The average molecular weight is 291 g/mol. The topological polar surface area (TPSA) is 21.3 Å². The summed E-state index contributed by atoms with van der Waals surface area (Å²) in [5, 5.41) is 3.54. The van der Waals surface area contributed by atoms with Gasteiger partial charge in [-0.15, -0.1) is 0 Å². The molecule has 2 atom stereocenters. The highest BCUT2D eigenvalue weighted by atomic mass is 19.1. The second kappa shape index (κ2) is 6.35. The Kier molecular flexibility index (Phi) is 4.48. The van der Waals surface area contributed by atoms with Gasteiger partial charge in [-0.3, -0.25) is 0 Å². The Hall–Kier alpha value is -1.09. The van der Waals surface area contributed by atoms with Gasteiger partial charge >= 0.3 is 0 Å². The van der Waals surface area contributed by atoms with Crippen molar-refractivity contribution >= 4 is 0 Å². The van der Waals surface area contributed by atoms with Gasteiger partial charge in [-0.2, -0.15) is 0 Å². The Morgan fingerprint density at radius 1 is 1.24 bits per heavy atom. The summed E-state index contributed by atoms with van der Waals surface area (Å²) >= 11 is 0. The summed E-state index contributed by atoms with van der Waals surface area (Å²) in [6.07, 6.45) is 6.32. The van der Waals surface area contributed by atoms with E-state index in [0.717, 1.165) is 30.2 Å². The first-order valence-electron chi connectivity index (χ1n) is 8.37. The largest absolute Gasteiger partial charge is 0.490 e. The minimum atomic E-state index is -0.207. The Bertz CT molecular complexity index is 482. The number of halogens is 1. The Labute approximate surface area is 127 Å². The van der Waals surface area contributed by atoms with Crippen LogP contribution in [0.2, 0.25) is 0 Å². The summed E-state index contributed by atoms with van der Waals surface area (Å²) in [5.74, 6) is 2.01. The van der Waals surface area contributed by atoms with Crippen molar-refractivity contribution in [2.45, 2.75) is 58.1 Å². The third-order valence-electron chi connectivity index (χ3n) is 5.13. The zero-order chi connectivity index (χ0) is 14.8. The molecule has 0 amide bonds. The van der Waals surface area contributed by atoms with Crippen LogP contribution < -0.4 is 10.1 Å². The van der Waals surface area contributed by atoms with Gasteiger partial charge in [0.2, 0.25) is 0 Å². The number of nitrogens with one attached hydrogen (secondary N) is 1. The molecule has 1 aliphatic carbocycles. The second-order valence-electron chi connectivity index (χ2n) is 6.70. The summed E-state index contributed by atoms with van der Waals surface area (Å²) < 4.78 is 19.7. The van der Waals surface area contributed by atoms with Crippen molar-refractivity contribution in [3.05, 3.63) is 29.6 Å². The van der Waals surface area contributed by atoms with Crippen LogP contribution in [0, 0.1) is 17.7 Å². The maximum absolute atomic E-state index is 13.5. The lowest BCUT2D eigenvalue weighted by atomic mass is 9.77. The van der Waals surface area contributed by atoms with Gasteiger partial charge < -0.3 is 10.1 Å². The lowest BCUT2D eigenvalue weighted by molar-refractivity contribution is 0.0651. The Morgan fingerprint density at radius 2 is 2.00 bits per heavy atom. The van der Waals surface area contributed by atoms with Gasteiger partial charge in [-0.25, -0.2) is 4.39 Å². The van der Waals surface area contributed by atoms with Crippen molar-refractivity contribution in [1.29, 1.82) is 0 Å². The molecule has 2 unspecified atom stereocenters. The smallest absolute Gasteiger partial charge is 0.127 e. The van der Waals surface area contributed by atoms with E-state index in [9.17, 15) is 4.39 Å². The van der Waals surface area contributed by atoms with Crippen LogP contribution in [0.15, 0.2) is 18.2 Å². The summed E-state index contributed by atoms with van der Waals surface area (Å²) in [6.45, 7) is 5.38. The van der Waals surface area contributed by atoms with Gasteiger partial charge in [0.15, 0.2) is 0 Å². The van der Waals surface area contributed by atoms with Gasteiger partial charge in [0.25, 0.3) is 0 Å². The molecule has 1 fully saturated rings. The quantitative estimate of drug-likeness (QED) is 0.888. The van der Waals surface area contributed by atoms with Crippen LogP contribution in [0.4, 0.5) is 4.39 Å². The monoisotopic (exact) mass is 291 g/mol. The maximum atomic E-state index is 13.5. The minimum absolute atomic E-state index is 0.207. The summed E-state index contributed by atoms with van der Waals surface area (Å²) in [4.78, 5) is 0. The van der Waals surface area contributed by atoms with Crippen molar-refractivity contribution in [3.63, 3.8) is 0 Å². The van der Waals surface area contributed by atoms with E-state index in [2.05, 4.69) is 19.2 Å². The molecule has 1 N–H and O–H groups in total. The summed E-state index contributed by atoms with van der Waals surface area (Å²) in [5.41, 5.74) is 1.11. The molecule has 1 aromatic rings. The van der Waals surface area contributed by atoms with Crippen molar-refractivity contribution in [2.75, 3.05) is 6.54 Å². The van der Waals surface area contributed by atoms with E-state index in [-0.39, 0.29) is 11.9 Å². The van der Waals surface area contributed by atoms with Crippen molar-refractivity contribution < 1.29 is 9.13 Å². The predicted octanol–water partition coefficient (Wildman–Crippen LogP) is 4.45. The maximum Gasteiger partial charge on any atom is 0.127 e. The molecule has 1 aliphatic heterocycles. The number of rotatable bonds is 3. The molecule has 1 aromatic carbocycles. The fraction of sp³-hybridized carbons (Fsp3) is 0.667. The van der Waals surface area contributed by atoms with Gasteiger partial charge in [-0.1, -0.05) is 32.8 Å². The van der Waals surface area contributed by atoms with E-state index in [1.54, 1.807) is 6.07 Å². The normalized spacial score (nSPS) is 32.3. The average Bonchev–Trinajstić information content (AvgIpc) is 2.47. The number of hydrogen-bond acceptors (Lipinski definition) is 2. The standard InChI is InChI=1S/C18H26FNO/c1-3-20-16-11-17(13-6-4-12(2)5-7-13)21-18-10-14(19)8-9-15(16)18/h8-10,12-13,16-17,20H,3-7,11H2,1-2H3. The second-order valence-corrected chi connectivity index (χ2v) is 6.70.